The molecule has 0 saturated heterocycles. The van der Waals surface area contributed by atoms with Crippen LogP contribution in [0.5, 0.6) is 0 Å². The van der Waals surface area contributed by atoms with Gasteiger partial charge < -0.3 is 10.1 Å². The summed E-state index contributed by atoms with van der Waals surface area (Å²) < 4.78 is 18.3. The molecular weight excluding hydrogens is 356 g/mol. The first-order valence-corrected chi connectivity index (χ1v) is 7.80. The van der Waals surface area contributed by atoms with Gasteiger partial charge in [0.15, 0.2) is 6.61 Å². The van der Waals surface area contributed by atoms with Gasteiger partial charge in [0.25, 0.3) is 5.91 Å². The number of benzene rings is 2. The number of hydrogen-bond donors (Lipinski definition) is 1. The van der Waals surface area contributed by atoms with E-state index in [9.17, 15) is 14.0 Å². The molecule has 24 heavy (non-hydrogen) atoms. The highest BCUT2D eigenvalue weighted by atomic mass is 35.5. The minimum atomic E-state index is -0.905. The lowest BCUT2D eigenvalue weighted by atomic mass is 10.1. The standard InChI is InChI=1S/C17H14Cl2FNO3/c1-10(11-5-3-2-4-6-11)21-16(22)9-24-17(23)12-7-15(20)14(19)8-13(12)18/h2-8,10H,9H2,1H3,(H,21,22)/t10-/m1/s1. The molecule has 2 aromatic rings. The Labute approximate surface area is 148 Å². The number of hydrogen-bond acceptors (Lipinski definition) is 3. The molecule has 0 aromatic heterocycles. The number of carbonyl (C=O) groups excluding carboxylic acids is 2. The van der Waals surface area contributed by atoms with Crippen molar-refractivity contribution in [2.75, 3.05) is 6.61 Å². The van der Waals surface area contributed by atoms with E-state index in [1.165, 1.54) is 0 Å². The Morgan fingerprint density at radius 1 is 1.17 bits per heavy atom. The van der Waals surface area contributed by atoms with Crippen molar-refractivity contribution in [3.8, 4) is 0 Å². The zero-order valence-corrected chi connectivity index (χ0v) is 14.2. The van der Waals surface area contributed by atoms with Crippen molar-refractivity contribution in [1.29, 1.82) is 0 Å². The van der Waals surface area contributed by atoms with Crippen molar-refractivity contribution in [3.63, 3.8) is 0 Å². The van der Waals surface area contributed by atoms with E-state index < -0.39 is 24.3 Å². The van der Waals surface area contributed by atoms with Gasteiger partial charge in [0, 0.05) is 0 Å². The van der Waals surface area contributed by atoms with E-state index in [0.29, 0.717) is 0 Å². The topological polar surface area (TPSA) is 55.4 Å². The average molecular weight is 370 g/mol. The van der Waals surface area contributed by atoms with Crippen LogP contribution in [-0.2, 0) is 9.53 Å². The van der Waals surface area contributed by atoms with Crippen LogP contribution in [0.25, 0.3) is 0 Å². The second-order valence-electron chi connectivity index (χ2n) is 5.02. The van der Waals surface area contributed by atoms with Gasteiger partial charge in [-0.1, -0.05) is 53.5 Å². The summed E-state index contributed by atoms with van der Waals surface area (Å²) in [4.78, 5) is 23.7. The second-order valence-corrected chi connectivity index (χ2v) is 5.84. The maximum atomic E-state index is 13.4. The fraction of sp³-hybridized carbons (Fsp3) is 0.176. The average Bonchev–Trinajstić information content (AvgIpc) is 2.56. The first kappa shape index (κ1) is 18.2. The molecule has 2 rings (SSSR count). The van der Waals surface area contributed by atoms with Gasteiger partial charge in [-0.2, -0.15) is 0 Å². The molecule has 0 heterocycles. The highest BCUT2D eigenvalue weighted by molar-refractivity contribution is 6.36. The summed E-state index contributed by atoms with van der Waals surface area (Å²) in [5.74, 6) is -2.18. The molecule has 0 spiro atoms. The van der Waals surface area contributed by atoms with Crippen LogP contribution in [0.4, 0.5) is 4.39 Å². The van der Waals surface area contributed by atoms with Gasteiger partial charge in [0.1, 0.15) is 5.82 Å². The molecule has 4 nitrogen and oxygen atoms in total. The summed E-state index contributed by atoms with van der Waals surface area (Å²) in [5.41, 5.74) is 0.725. The molecule has 2 aromatic carbocycles. The molecule has 0 fully saturated rings. The Morgan fingerprint density at radius 3 is 2.50 bits per heavy atom. The molecule has 0 saturated carbocycles. The maximum Gasteiger partial charge on any atom is 0.340 e. The van der Waals surface area contributed by atoms with Crippen LogP contribution in [0.3, 0.4) is 0 Å². The van der Waals surface area contributed by atoms with Gasteiger partial charge in [-0.05, 0) is 24.6 Å². The van der Waals surface area contributed by atoms with Gasteiger partial charge >= 0.3 is 5.97 Å². The number of rotatable bonds is 5. The molecule has 1 amide bonds. The van der Waals surface area contributed by atoms with E-state index in [-0.39, 0.29) is 21.7 Å². The van der Waals surface area contributed by atoms with Crippen LogP contribution in [0.2, 0.25) is 10.0 Å². The molecule has 0 aliphatic rings. The first-order valence-electron chi connectivity index (χ1n) is 7.04. The van der Waals surface area contributed by atoms with Gasteiger partial charge in [0.05, 0.1) is 21.7 Å². The van der Waals surface area contributed by atoms with Crippen LogP contribution in [-0.4, -0.2) is 18.5 Å². The van der Waals surface area contributed by atoms with Gasteiger partial charge in [0.2, 0.25) is 0 Å². The van der Waals surface area contributed by atoms with Gasteiger partial charge in [-0.25, -0.2) is 9.18 Å². The lowest BCUT2D eigenvalue weighted by Crippen LogP contribution is -2.31. The van der Waals surface area contributed by atoms with Gasteiger partial charge in [-0.3, -0.25) is 4.79 Å². The number of nitrogens with one attached hydrogen (secondary N) is 1. The third-order valence-corrected chi connectivity index (χ3v) is 3.84. The predicted molar refractivity (Wildman–Crippen MR) is 89.7 cm³/mol. The molecule has 0 aliphatic heterocycles. The largest absolute Gasteiger partial charge is 0.452 e. The number of esters is 1. The summed E-state index contributed by atoms with van der Waals surface area (Å²) in [6, 6.07) is 11.1. The lowest BCUT2D eigenvalue weighted by Gasteiger charge is -2.14. The Morgan fingerprint density at radius 2 is 1.83 bits per heavy atom. The van der Waals surface area contributed by atoms with Crippen LogP contribution in [0.1, 0.15) is 28.9 Å². The predicted octanol–water partition coefficient (Wildman–Crippen LogP) is 4.17. The maximum absolute atomic E-state index is 13.4. The third kappa shape index (κ3) is 4.69. The third-order valence-electron chi connectivity index (χ3n) is 3.24. The molecule has 0 bridgehead atoms. The molecule has 0 aliphatic carbocycles. The molecule has 0 radical (unpaired) electrons. The monoisotopic (exact) mass is 369 g/mol. The SMILES string of the molecule is C[C@@H](NC(=O)COC(=O)c1cc(F)c(Cl)cc1Cl)c1ccccc1. The summed E-state index contributed by atoms with van der Waals surface area (Å²) in [5, 5.41) is 2.44. The molecule has 126 valence electrons. The Kier molecular flexibility index (Phi) is 6.17. The Balaban J connectivity index is 1.92. The summed E-state index contributed by atoms with van der Waals surface area (Å²) in [6.07, 6.45) is 0. The Bertz CT molecular complexity index is 753. The quantitative estimate of drug-likeness (QED) is 0.635. The number of ether oxygens (including phenoxy) is 1. The van der Waals surface area contributed by atoms with Crippen molar-refractivity contribution < 1.29 is 18.7 Å². The van der Waals surface area contributed by atoms with Crippen molar-refractivity contribution >= 4 is 35.1 Å². The summed E-state index contributed by atoms with van der Waals surface area (Å²) in [6.45, 7) is 1.30. The van der Waals surface area contributed by atoms with Crippen LogP contribution in [0, 0.1) is 5.82 Å². The highest BCUT2D eigenvalue weighted by Gasteiger charge is 2.17. The van der Waals surface area contributed by atoms with Crippen molar-refractivity contribution in [3.05, 3.63) is 69.5 Å². The molecule has 1 N–H and O–H groups in total. The number of halogens is 3. The van der Waals surface area contributed by atoms with Crippen LogP contribution in [0.15, 0.2) is 42.5 Å². The van der Waals surface area contributed by atoms with Crippen molar-refractivity contribution in [1.82, 2.24) is 5.32 Å². The smallest absolute Gasteiger partial charge is 0.340 e. The van der Waals surface area contributed by atoms with Gasteiger partial charge in [-0.15, -0.1) is 0 Å². The fourth-order valence-electron chi connectivity index (χ4n) is 2.00. The fourth-order valence-corrected chi connectivity index (χ4v) is 2.46. The minimum Gasteiger partial charge on any atom is -0.452 e. The van der Waals surface area contributed by atoms with Crippen molar-refractivity contribution in [2.45, 2.75) is 13.0 Å². The zero-order chi connectivity index (χ0) is 17.7. The second kappa shape index (κ2) is 8.13. The number of amides is 1. The highest BCUT2D eigenvalue weighted by Crippen LogP contribution is 2.24. The molecule has 7 heteroatoms. The minimum absolute atomic E-state index is 0.0514. The molecule has 1 atom stereocenters. The number of carbonyl (C=O) groups is 2. The van der Waals surface area contributed by atoms with E-state index >= 15 is 0 Å². The summed E-state index contributed by atoms with van der Waals surface area (Å²) >= 11 is 11.4. The Hall–Kier alpha value is -2.11. The van der Waals surface area contributed by atoms with E-state index in [1.54, 1.807) is 6.92 Å². The molecule has 0 unspecified atom stereocenters. The summed E-state index contributed by atoms with van der Waals surface area (Å²) in [7, 11) is 0. The first-order chi connectivity index (χ1) is 11.4. The van der Waals surface area contributed by atoms with E-state index in [0.717, 1.165) is 17.7 Å². The van der Waals surface area contributed by atoms with Crippen LogP contribution >= 0.6 is 23.2 Å². The van der Waals surface area contributed by atoms with E-state index in [2.05, 4.69) is 5.32 Å². The van der Waals surface area contributed by atoms with Crippen LogP contribution < -0.4 is 5.32 Å². The lowest BCUT2D eigenvalue weighted by molar-refractivity contribution is -0.124. The van der Waals surface area contributed by atoms with E-state index in [1.807, 2.05) is 30.3 Å². The zero-order valence-electron chi connectivity index (χ0n) is 12.7. The normalized spacial score (nSPS) is 11.7. The molecular formula is C17H14Cl2FNO3. The van der Waals surface area contributed by atoms with E-state index in [4.69, 9.17) is 27.9 Å². The van der Waals surface area contributed by atoms with Crippen molar-refractivity contribution in [2.24, 2.45) is 0 Å².